The zero-order valence-electron chi connectivity index (χ0n) is 9.03. The van der Waals surface area contributed by atoms with Gasteiger partial charge in [-0.25, -0.2) is 0 Å². The summed E-state index contributed by atoms with van der Waals surface area (Å²) in [6.45, 7) is 4.09. The highest BCUT2D eigenvalue weighted by atomic mass is 16.5. The average molecular weight is 211 g/mol. The Kier molecular flexibility index (Phi) is 3.69. The fourth-order valence-corrected chi connectivity index (χ4v) is 1.72. The first kappa shape index (κ1) is 10.6. The van der Waals surface area contributed by atoms with E-state index in [1.165, 1.54) is 12.8 Å². The van der Waals surface area contributed by atoms with Crippen LogP contribution in [0.15, 0.2) is 4.52 Å². The van der Waals surface area contributed by atoms with Crippen LogP contribution in [-0.2, 0) is 11.3 Å². The van der Waals surface area contributed by atoms with E-state index in [1.54, 1.807) is 0 Å². The molecule has 0 aromatic carbocycles. The number of ether oxygens (including phenoxy) is 1. The Morgan fingerprint density at radius 2 is 2.47 bits per heavy atom. The molecule has 1 fully saturated rings. The summed E-state index contributed by atoms with van der Waals surface area (Å²) in [5, 5.41) is 7.25. The molecule has 1 saturated heterocycles. The highest BCUT2D eigenvalue weighted by Gasteiger charge is 2.20. The Morgan fingerprint density at radius 3 is 3.20 bits per heavy atom. The zero-order chi connectivity index (χ0) is 10.5. The monoisotopic (exact) mass is 211 g/mol. The van der Waals surface area contributed by atoms with E-state index >= 15 is 0 Å². The van der Waals surface area contributed by atoms with Gasteiger partial charge in [0.05, 0.1) is 6.04 Å². The van der Waals surface area contributed by atoms with Crippen LogP contribution < -0.4 is 5.32 Å². The molecule has 15 heavy (non-hydrogen) atoms. The Balaban J connectivity index is 1.93. The molecule has 1 atom stereocenters. The first-order valence-corrected chi connectivity index (χ1v) is 5.53. The standard InChI is InChI=1S/C10H17N3O2/c1-2-14-7-9-12-10(15-13-9)8-5-3-4-6-11-8/h8,11H,2-7H2,1H3/t8-/m1/s1. The van der Waals surface area contributed by atoms with Crippen molar-refractivity contribution in [2.45, 2.75) is 38.8 Å². The Morgan fingerprint density at radius 1 is 1.53 bits per heavy atom. The average Bonchev–Trinajstić information content (AvgIpc) is 2.76. The Bertz CT molecular complexity index is 295. The lowest BCUT2D eigenvalue weighted by Crippen LogP contribution is -2.27. The largest absolute Gasteiger partial charge is 0.374 e. The number of piperidine rings is 1. The lowest BCUT2D eigenvalue weighted by atomic mass is 10.1. The summed E-state index contributed by atoms with van der Waals surface area (Å²) < 4.78 is 10.4. The summed E-state index contributed by atoms with van der Waals surface area (Å²) in [7, 11) is 0. The van der Waals surface area contributed by atoms with E-state index in [0.717, 1.165) is 13.0 Å². The van der Waals surface area contributed by atoms with Crippen LogP contribution in [0.2, 0.25) is 0 Å². The van der Waals surface area contributed by atoms with Gasteiger partial charge in [0, 0.05) is 6.61 Å². The second kappa shape index (κ2) is 5.23. The van der Waals surface area contributed by atoms with Gasteiger partial charge < -0.3 is 14.6 Å². The molecule has 0 amide bonds. The SMILES string of the molecule is CCOCc1noc([C@H]2CCCCN2)n1. The number of aromatic nitrogens is 2. The fraction of sp³-hybridized carbons (Fsp3) is 0.800. The Hall–Kier alpha value is -0.940. The number of rotatable bonds is 4. The second-order valence-electron chi connectivity index (χ2n) is 3.69. The first-order valence-electron chi connectivity index (χ1n) is 5.53. The molecule has 0 saturated carbocycles. The van der Waals surface area contributed by atoms with Crippen LogP contribution in [-0.4, -0.2) is 23.3 Å². The van der Waals surface area contributed by atoms with Crippen LogP contribution >= 0.6 is 0 Å². The van der Waals surface area contributed by atoms with E-state index in [2.05, 4.69) is 15.5 Å². The molecular weight excluding hydrogens is 194 g/mol. The molecule has 1 N–H and O–H groups in total. The molecule has 0 radical (unpaired) electrons. The third-order valence-electron chi connectivity index (χ3n) is 2.53. The molecule has 1 aromatic rings. The van der Waals surface area contributed by atoms with Crippen LogP contribution in [0.25, 0.3) is 0 Å². The summed E-state index contributed by atoms with van der Waals surface area (Å²) in [5.41, 5.74) is 0. The molecule has 84 valence electrons. The van der Waals surface area contributed by atoms with E-state index in [-0.39, 0.29) is 6.04 Å². The van der Waals surface area contributed by atoms with E-state index in [4.69, 9.17) is 9.26 Å². The lowest BCUT2D eigenvalue weighted by Gasteiger charge is -2.19. The number of hydrogen-bond donors (Lipinski definition) is 1. The van der Waals surface area contributed by atoms with Gasteiger partial charge in [0.15, 0.2) is 5.82 Å². The fourth-order valence-electron chi connectivity index (χ4n) is 1.72. The van der Waals surface area contributed by atoms with Crippen LogP contribution in [0.1, 0.15) is 43.9 Å². The molecule has 5 heteroatoms. The van der Waals surface area contributed by atoms with Gasteiger partial charge in [-0.05, 0) is 26.3 Å². The van der Waals surface area contributed by atoms with Crippen LogP contribution in [0, 0.1) is 0 Å². The minimum absolute atomic E-state index is 0.238. The van der Waals surface area contributed by atoms with Crippen molar-refractivity contribution < 1.29 is 9.26 Å². The number of nitrogens with one attached hydrogen (secondary N) is 1. The van der Waals surface area contributed by atoms with E-state index < -0.39 is 0 Å². The maximum atomic E-state index is 5.21. The highest BCUT2D eigenvalue weighted by Crippen LogP contribution is 2.21. The molecule has 0 spiro atoms. The smallest absolute Gasteiger partial charge is 0.243 e. The molecule has 0 bridgehead atoms. The van der Waals surface area contributed by atoms with Crippen molar-refractivity contribution in [3.8, 4) is 0 Å². The second-order valence-corrected chi connectivity index (χ2v) is 3.69. The van der Waals surface area contributed by atoms with Crippen molar-refractivity contribution >= 4 is 0 Å². The maximum Gasteiger partial charge on any atom is 0.243 e. The zero-order valence-corrected chi connectivity index (χ0v) is 9.03. The van der Waals surface area contributed by atoms with Crippen LogP contribution in [0.3, 0.4) is 0 Å². The van der Waals surface area contributed by atoms with Crippen molar-refractivity contribution in [2.24, 2.45) is 0 Å². The predicted octanol–water partition coefficient (Wildman–Crippen LogP) is 1.42. The van der Waals surface area contributed by atoms with Crippen molar-refractivity contribution in [3.05, 3.63) is 11.7 Å². The molecule has 0 unspecified atom stereocenters. The summed E-state index contributed by atoms with van der Waals surface area (Å²) in [4.78, 5) is 4.31. The molecule has 1 aromatic heterocycles. The summed E-state index contributed by atoms with van der Waals surface area (Å²) in [6, 6.07) is 0.238. The quantitative estimate of drug-likeness (QED) is 0.816. The third kappa shape index (κ3) is 2.76. The van der Waals surface area contributed by atoms with E-state index in [9.17, 15) is 0 Å². The molecule has 2 rings (SSSR count). The van der Waals surface area contributed by atoms with Crippen LogP contribution in [0.4, 0.5) is 0 Å². The van der Waals surface area contributed by atoms with Gasteiger partial charge in [-0.3, -0.25) is 0 Å². The summed E-state index contributed by atoms with van der Waals surface area (Å²) >= 11 is 0. The van der Waals surface area contributed by atoms with Gasteiger partial charge in [0.1, 0.15) is 6.61 Å². The summed E-state index contributed by atoms with van der Waals surface area (Å²) in [6.07, 6.45) is 3.54. The van der Waals surface area contributed by atoms with Gasteiger partial charge in [0.2, 0.25) is 5.89 Å². The normalized spacial score (nSPS) is 21.8. The minimum Gasteiger partial charge on any atom is -0.374 e. The molecule has 5 nitrogen and oxygen atoms in total. The Labute approximate surface area is 89.2 Å². The lowest BCUT2D eigenvalue weighted by molar-refractivity contribution is 0.126. The van der Waals surface area contributed by atoms with Gasteiger partial charge in [-0.1, -0.05) is 11.6 Å². The maximum absolute atomic E-state index is 5.21. The molecule has 1 aliphatic heterocycles. The van der Waals surface area contributed by atoms with Gasteiger partial charge in [-0.15, -0.1) is 0 Å². The van der Waals surface area contributed by atoms with E-state index in [1.807, 2.05) is 6.92 Å². The van der Waals surface area contributed by atoms with Crippen LogP contribution in [0.5, 0.6) is 0 Å². The van der Waals surface area contributed by atoms with Gasteiger partial charge in [-0.2, -0.15) is 4.98 Å². The molecule has 0 aliphatic carbocycles. The highest BCUT2D eigenvalue weighted by molar-refractivity contribution is 4.93. The number of hydrogen-bond acceptors (Lipinski definition) is 5. The first-order chi connectivity index (χ1) is 7.40. The predicted molar refractivity (Wildman–Crippen MR) is 54.2 cm³/mol. The van der Waals surface area contributed by atoms with Crippen molar-refractivity contribution in [2.75, 3.05) is 13.2 Å². The third-order valence-corrected chi connectivity index (χ3v) is 2.53. The molecular formula is C10H17N3O2. The van der Waals surface area contributed by atoms with Gasteiger partial charge >= 0.3 is 0 Å². The summed E-state index contributed by atoms with van der Waals surface area (Å²) in [5.74, 6) is 1.34. The molecule has 2 heterocycles. The van der Waals surface area contributed by atoms with Crippen molar-refractivity contribution in [3.63, 3.8) is 0 Å². The van der Waals surface area contributed by atoms with E-state index in [0.29, 0.717) is 24.9 Å². The number of nitrogens with zero attached hydrogens (tertiary/aromatic N) is 2. The molecule has 1 aliphatic rings. The van der Waals surface area contributed by atoms with Gasteiger partial charge in [0.25, 0.3) is 0 Å². The topological polar surface area (TPSA) is 60.2 Å². The van der Waals surface area contributed by atoms with Crippen molar-refractivity contribution in [1.29, 1.82) is 0 Å². The van der Waals surface area contributed by atoms with Crippen molar-refractivity contribution in [1.82, 2.24) is 15.5 Å². The minimum atomic E-state index is 0.238.